The third-order valence-corrected chi connectivity index (χ3v) is 4.81. The number of halogens is 2. The average Bonchev–Trinajstić information content (AvgIpc) is 2.49. The van der Waals surface area contributed by atoms with Crippen molar-refractivity contribution in [3.8, 4) is 5.75 Å². The van der Waals surface area contributed by atoms with Gasteiger partial charge in [0.25, 0.3) is 5.91 Å². The van der Waals surface area contributed by atoms with Crippen LogP contribution < -0.4 is 15.4 Å². The molecule has 4 nitrogen and oxygen atoms in total. The molecule has 2 aromatic rings. The minimum Gasteiger partial charge on any atom is -0.482 e. The van der Waals surface area contributed by atoms with E-state index in [1.54, 1.807) is 0 Å². The number of anilines is 1. The fourth-order valence-electron chi connectivity index (χ4n) is 2.15. The summed E-state index contributed by atoms with van der Waals surface area (Å²) in [6, 6.07) is 9.68. The molecule has 25 heavy (non-hydrogen) atoms. The highest BCUT2D eigenvalue weighted by Crippen LogP contribution is 2.32. The zero-order valence-electron chi connectivity index (χ0n) is 14.1. The number of hydrogen-bond donors (Lipinski definition) is 2. The van der Waals surface area contributed by atoms with Gasteiger partial charge in [-0.2, -0.15) is 0 Å². The van der Waals surface area contributed by atoms with Crippen LogP contribution in [0.4, 0.5) is 5.69 Å². The number of nitrogens with one attached hydrogen (secondary N) is 2. The summed E-state index contributed by atoms with van der Waals surface area (Å²) in [6.45, 7) is 5.84. The van der Waals surface area contributed by atoms with E-state index in [9.17, 15) is 4.79 Å². The smallest absolute Gasteiger partial charge is 0.264 e. The molecule has 7 heteroatoms. The van der Waals surface area contributed by atoms with E-state index in [1.165, 1.54) is 5.56 Å². The second kappa shape index (κ2) is 8.78. The molecule has 0 atom stereocenters. The van der Waals surface area contributed by atoms with Crippen LogP contribution >= 0.6 is 44.1 Å². The second-order valence-electron chi connectivity index (χ2n) is 5.62. The molecule has 0 aromatic heterocycles. The summed E-state index contributed by atoms with van der Waals surface area (Å²) in [5, 5.41) is 5.85. The van der Waals surface area contributed by atoms with Gasteiger partial charge in [0.05, 0.1) is 4.47 Å². The topological polar surface area (TPSA) is 50.4 Å². The zero-order valence-corrected chi connectivity index (χ0v) is 18.1. The fraction of sp³-hybridized carbons (Fsp3) is 0.222. The number of aryl methyl sites for hydroxylation is 3. The molecule has 2 N–H and O–H groups in total. The van der Waals surface area contributed by atoms with Crippen molar-refractivity contribution in [3.63, 3.8) is 0 Å². The Kier molecular flexibility index (Phi) is 6.98. The number of rotatable bonds is 4. The second-order valence-corrected chi connectivity index (χ2v) is 7.80. The van der Waals surface area contributed by atoms with Gasteiger partial charge in [0.1, 0.15) is 5.75 Å². The summed E-state index contributed by atoms with van der Waals surface area (Å²) in [6.07, 6.45) is 0. The van der Waals surface area contributed by atoms with E-state index in [-0.39, 0.29) is 17.6 Å². The van der Waals surface area contributed by atoms with E-state index < -0.39 is 0 Å². The third-order valence-electron chi connectivity index (χ3n) is 3.56. The Morgan fingerprint density at radius 3 is 2.44 bits per heavy atom. The fourth-order valence-corrected chi connectivity index (χ4v) is 3.94. The Balaban J connectivity index is 1.89. The van der Waals surface area contributed by atoms with Gasteiger partial charge in [-0.1, -0.05) is 22.0 Å². The summed E-state index contributed by atoms with van der Waals surface area (Å²) in [7, 11) is 0. The van der Waals surface area contributed by atoms with Crippen molar-refractivity contribution >= 4 is 60.8 Å². The highest BCUT2D eigenvalue weighted by molar-refractivity contribution is 9.11. The maximum absolute atomic E-state index is 12.0. The number of amides is 1. The highest BCUT2D eigenvalue weighted by atomic mass is 79.9. The zero-order chi connectivity index (χ0) is 18.6. The van der Waals surface area contributed by atoms with E-state index >= 15 is 0 Å². The van der Waals surface area contributed by atoms with Crippen LogP contribution in [0.15, 0.2) is 39.3 Å². The number of carbonyl (C=O) groups excluding carboxylic acids is 1. The van der Waals surface area contributed by atoms with Gasteiger partial charge < -0.3 is 10.1 Å². The molecule has 0 heterocycles. The first-order chi connectivity index (χ1) is 11.8. The Morgan fingerprint density at radius 1 is 1.08 bits per heavy atom. The van der Waals surface area contributed by atoms with Crippen molar-refractivity contribution in [2.45, 2.75) is 20.8 Å². The van der Waals surface area contributed by atoms with Crippen molar-refractivity contribution in [3.05, 3.63) is 56.0 Å². The lowest BCUT2D eigenvalue weighted by Gasteiger charge is -2.13. The molecule has 0 aliphatic carbocycles. The first kappa shape index (κ1) is 19.9. The van der Waals surface area contributed by atoms with E-state index in [4.69, 9.17) is 17.0 Å². The van der Waals surface area contributed by atoms with Crippen molar-refractivity contribution in [2.75, 3.05) is 11.9 Å². The maximum Gasteiger partial charge on any atom is 0.264 e. The number of ether oxygens (including phenoxy) is 1. The molecule has 0 spiro atoms. The predicted octanol–water partition coefficient (Wildman–Crippen LogP) is 5.03. The Hall–Kier alpha value is -1.44. The van der Waals surface area contributed by atoms with Gasteiger partial charge in [-0.05, 0) is 89.9 Å². The largest absolute Gasteiger partial charge is 0.482 e. The van der Waals surface area contributed by atoms with E-state index in [0.29, 0.717) is 5.75 Å². The van der Waals surface area contributed by atoms with Crippen molar-refractivity contribution in [2.24, 2.45) is 0 Å². The lowest BCUT2D eigenvalue weighted by atomic mass is 10.1. The van der Waals surface area contributed by atoms with Gasteiger partial charge in [-0.25, -0.2) is 0 Å². The van der Waals surface area contributed by atoms with Crippen LogP contribution in [0.2, 0.25) is 0 Å². The number of hydrogen-bond acceptors (Lipinski definition) is 3. The molecule has 0 radical (unpaired) electrons. The first-order valence-corrected chi connectivity index (χ1v) is 9.52. The maximum atomic E-state index is 12.0. The Bertz CT molecular complexity index is 802. The van der Waals surface area contributed by atoms with Crippen LogP contribution in [-0.2, 0) is 4.79 Å². The normalized spacial score (nSPS) is 10.3. The molecule has 0 aliphatic rings. The molecular formula is C18H18Br2N2O2S. The Morgan fingerprint density at radius 2 is 1.80 bits per heavy atom. The Labute approximate surface area is 169 Å². The van der Waals surface area contributed by atoms with E-state index in [2.05, 4.69) is 42.5 Å². The van der Waals surface area contributed by atoms with Crippen molar-refractivity contribution in [1.82, 2.24) is 5.32 Å². The highest BCUT2D eigenvalue weighted by Gasteiger charge is 2.11. The lowest BCUT2D eigenvalue weighted by molar-refractivity contribution is -0.121. The number of thiocarbonyl (C=S) groups is 1. The summed E-state index contributed by atoms with van der Waals surface area (Å²) in [5.74, 6) is 0.307. The molecule has 0 saturated heterocycles. The molecule has 0 unspecified atom stereocenters. The minimum absolute atomic E-state index is 0.129. The van der Waals surface area contributed by atoms with Crippen LogP contribution in [0.25, 0.3) is 0 Å². The first-order valence-electron chi connectivity index (χ1n) is 7.53. The molecule has 2 rings (SSSR count). The van der Waals surface area contributed by atoms with Crippen LogP contribution in [0, 0.1) is 20.8 Å². The quantitative estimate of drug-likeness (QED) is 0.596. The standard InChI is InChI=1S/C18H18Br2N2O2S/c1-10-4-5-14(7-11(10)2)21-18(25)22-16(23)9-24-17-12(3)6-13(19)8-15(17)20/h4-8H,9H2,1-3H3,(H2,21,22,23,25). The van der Waals surface area contributed by atoms with Crippen LogP contribution in [0.5, 0.6) is 5.75 Å². The summed E-state index contributed by atoms with van der Waals surface area (Å²) in [5.41, 5.74) is 4.10. The van der Waals surface area contributed by atoms with Crippen LogP contribution in [-0.4, -0.2) is 17.6 Å². The van der Waals surface area contributed by atoms with Gasteiger partial charge in [0, 0.05) is 10.2 Å². The predicted molar refractivity (Wildman–Crippen MR) is 112 cm³/mol. The molecule has 0 bridgehead atoms. The summed E-state index contributed by atoms with van der Waals surface area (Å²) in [4.78, 5) is 12.0. The summed E-state index contributed by atoms with van der Waals surface area (Å²) < 4.78 is 7.32. The molecule has 0 aliphatic heterocycles. The van der Waals surface area contributed by atoms with Crippen LogP contribution in [0.1, 0.15) is 16.7 Å². The molecule has 132 valence electrons. The molecule has 1 amide bonds. The number of benzene rings is 2. The molecule has 2 aromatic carbocycles. The van der Waals surface area contributed by atoms with Crippen molar-refractivity contribution in [1.29, 1.82) is 0 Å². The molecule has 0 saturated carbocycles. The average molecular weight is 486 g/mol. The summed E-state index contributed by atoms with van der Waals surface area (Å²) >= 11 is 12.0. The van der Waals surface area contributed by atoms with Crippen molar-refractivity contribution < 1.29 is 9.53 Å². The lowest BCUT2D eigenvalue weighted by Crippen LogP contribution is -2.37. The molecule has 0 fully saturated rings. The monoisotopic (exact) mass is 484 g/mol. The molecular weight excluding hydrogens is 468 g/mol. The van der Waals surface area contributed by atoms with Gasteiger partial charge in [0.15, 0.2) is 11.7 Å². The van der Waals surface area contributed by atoms with Gasteiger partial charge in [-0.15, -0.1) is 0 Å². The number of carbonyl (C=O) groups is 1. The van der Waals surface area contributed by atoms with E-state index in [1.807, 2.05) is 51.1 Å². The van der Waals surface area contributed by atoms with Crippen LogP contribution in [0.3, 0.4) is 0 Å². The third kappa shape index (κ3) is 5.80. The SMILES string of the molecule is Cc1ccc(NC(=S)NC(=O)COc2c(C)cc(Br)cc2Br)cc1C. The van der Waals surface area contributed by atoms with Gasteiger partial charge in [0.2, 0.25) is 0 Å². The van der Waals surface area contributed by atoms with Gasteiger partial charge >= 0.3 is 0 Å². The van der Waals surface area contributed by atoms with Gasteiger partial charge in [-0.3, -0.25) is 10.1 Å². The minimum atomic E-state index is -0.324. The van der Waals surface area contributed by atoms with E-state index in [0.717, 1.165) is 25.8 Å².